The third-order valence-corrected chi connectivity index (χ3v) is 5.22. The molecule has 1 heterocycles. The minimum absolute atomic E-state index is 0.0868. The van der Waals surface area contributed by atoms with Gasteiger partial charge in [0.25, 0.3) is 5.91 Å². The number of carbonyl (C=O) groups excluding carboxylic acids is 1. The van der Waals surface area contributed by atoms with Crippen molar-refractivity contribution in [3.63, 3.8) is 0 Å². The van der Waals surface area contributed by atoms with Gasteiger partial charge in [-0.05, 0) is 62.9 Å². The molecule has 2 atom stereocenters. The Morgan fingerprint density at radius 1 is 1.21 bits per heavy atom. The second kappa shape index (κ2) is 8.26. The van der Waals surface area contributed by atoms with Gasteiger partial charge in [0.1, 0.15) is 17.1 Å². The van der Waals surface area contributed by atoms with E-state index in [2.05, 4.69) is 38.2 Å². The fourth-order valence-corrected chi connectivity index (χ4v) is 3.64. The summed E-state index contributed by atoms with van der Waals surface area (Å²) in [6.45, 7) is 10.2. The highest BCUT2D eigenvalue weighted by Gasteiger charge is 2.35. The number of rotatable bonds is 6. The first-order chi connectivity index (χ1) is 13.3. The van der Waals surface area contributed by atoms with E-state index in [9.17, 15) is 4.79 Å². The van der Waals surface area contributed by atoms with Crippen molar-refractivity contribution in [2.45, 2.75) is 71.6 Å². The summed E-state index contributed by atoms with van der Waals surface area (Å²) in [7, 11) is 0. The lowest BCUT2D eigenvalue weighted by molar-refractivity contribution is -0.129. The van der Waals surface area contributed by atoms with Crippen LogP contribution >= 0.6 is 0 Å². The SMILES string of the molecule is CCc1ccc(O[C@H](CC)C(=O)N[C@H]2CC(C)(C)Oc3cc(C)ccc32)cc1. The maximum Gasteiger partial charge on any atom is 0.261 e. The molecule has 0 spiro atoms. The molecular formula is C24H31NO3. The van der Waals surface area contributed by atoms with Crippen molar-refractivity contribution in [3.05, 3.63) is 59.2 Å². The number of carbonyl (C=O) groups is 1. The van der Waals surface area contributed by atoms with Gasteiger partial charge in [-0.2, -0.15) is 0 Å². The van der Waals surface area contributed by atoms with Gasteiger partial charge in [0.05, 0.1) is 6.04 Å². The highest BCUT2D eigenvalue weighted by Crippen LogP contribution is 2.40. The Bertz CT molecular complexity index is 826. The average Bonchev–Trinajstić information content (AvgIpc) is 2.65. The minimum Gasteiger partial charge on any atom is -0.487 e. The quantitative estimate of drug-likeness (QED) is 0.754. The van der Waals surface area contributed by atoms with E-state index < -0.39 is 6.10 Å². The van der Waals surface area contributed by atoms with E-state index in [1.165, 1.54) is 5.56 Å². The molecule has 2 aromatic rings. The third kappa shape index (κ3) is 4.67. The van der Waals surface area contributed by atoms with Crippen LogP contribution in [0.2, 0.25) is 0 Å². The Hall–Kier alpha value is -2.49. The summed E-state index contributed by atoms with van der Waals surface area (Å²) in [5.74, 6) is 1.49. The third-order valence-electron chi connectivity index (χ3n) is 5.22. The summed E-state index contributed by atoms with van der Waals surface area (Å²) in [5, 5.41) is 3.20. The molecule has 1 N–H and O–H groups in total. The molecule has 1 aliphatic heterocycles. The normalized spacial score (nSPS) is 18.5. The van der Waals surface area contributed by atoms with Crippen molar-refractivity contribution in [1.82, 2.24) is 5.32 Å². The van der Waals surface area contributed by atoms with Gasteiger partial charge in [-0.15, -0.1) is 0 Å². The second-order valence-corrected chi connectivity index (χ2v) is 8.18. The Balaban J connectivity index is 1.74. The van der Waals surface area contributed by atoms with Crippen LogP contribution in [0, 0.1) is 6.92 Å². The largest absolute Gasteiger partial charge is 0.487 e. The number of amides is 1. The molecule has 0 aliphatic carbocycles. The summed E-state index contributed by atoms with van der Waals surface area (Å²) in [4.78, 5) is 13.0. The minimum atomic E-state index is -0.521. The number of hydrogen-bond acceptors (Lipinski definition) is 3. The smallest absolute Gasteiger partial charge is 0.261 e. The maximum absolute atomic E-state index is 13.0. The van der Waals surface area contributed by atoms with Crippen LogP contribution in [0.25, 0.3) is 0 Å². The predicted octanol–water partition coefficient (Wildman–Crippen LogP) is 5.13. The van der Waals surface area contributed by atoms with Crippen LogP contribution < -0.4 is 14.8 Å². The van der Waals surface area contributed by atoms with Crippen LogP contribution in [0.1, 0.15) is 63.3 Å². The lowest BCUT2D eigenvalue weighted by atomic mass is 9.89. The molecule has 2 aromatic carbocycles. The van der Waals surface area contributed by atoms with Crippen molar-refractivity contribution in [3.8, 4) is 11.5 Å². The van der Waals surface area contributed by atoms with Crippen molar-refractivity contribution in [2.75, 3.05) is 0 Å². The zero-order chi connectivity index (χ0) is 20.3. The van der Waals surface area contributed by atoms with E-state index in [1.807, 2.05) is 44.2 Å². The predicted molar refractivity (Wildman–Crippen MR) is 112 cm³/mol. The highest BCUT2D eigenvalue weighted by molar-refractivity contribution is 5.81. The van der Waals surface area contributed by atoms with Gasteiger partial charge in [-0.3, -0.25) is 4.79 Å². The molecule has 4 heteroatoms. The Morgan fingerprint density at radius 2 is 1.93 bits per heavy atom. The second-order valence-electron chi connectivity index (χ2n) is 8.18. The summed E-state index contributed by atoms with van der Waals surface area (Å²) >= 11 is 0. The molecule has 0 saturated carbocycles. The molecule has 28 heavy (non-hydrogen) atoms. The lowest BCUT2D eigenvalue weighted by Crippen LogP contribution is -2.45. The monoisotopic (exact) mass is 381 g/mol. The first kappa shape index (κ1) is 20.2. The summed E-state index contributed by atoms with van der Waals surface area (Å²) in [6, 6.07) is 14.0. The molecule has 1 amide bonds. The zero-order valence-corrected chi connectivity index (χ0v) is 17.5. The van der Waals surface area contributed by atoms with E-state index >= 15 is 0 Å². The molecule has 0 saturated heterocycles. The lowest BCUT2D eigenvalue weighted by Gasteiger charge is -2.38. The first-order valence-corrected chi connectivity index (χ1v) is 10.2. The average molecular weight is 382 g/mol. The molecule has 0 unspecified atom stereocenters. The van der Waals surface area contributed by atoms with Crippen LogP contribution in [0.3, 0.4) is 0 Å². The summed E-state index contributed by atoms with van der Waals surface area (Å²) in [5.41, 5.74) is 3.09. The van der Waals surface area contributed by atoms with Crippen molar-refractivity contribution >= 4 is 5.91 Å². The molecule has 150 valence electrons. The molecule has 4 nitrogen and oxygen atoms in total. The highest BCUT2D eigenvalue weighted by atomic mass is 16.5. The van der Waals surface area contributed by atoms with Crippen LogP contribution in [-0.4, -0.2) is 17.6 Å². The zero-order valence-electron chi connectivity index (χ0n) is 17.5. The van der Waals surface area contributed by atoms with Gasteiger partial charge in [0.2, 0.25) is 0 Å². The van der Waals surface area contributed by atoms with Gasteiger partial charge in [0, 0.05) is 12.0 Å². The van der Waals surface area contributed by atoms with Crippen LogP contribution in [0.5, 0.6) is 11.5 Å². The number of fused-ring (bicyclic) bond motifs is 1. The molecular weight excluding hydrogens is 350 g/mol. The van der Waals surface area contributed by atoms with Crippen molar-refractivity contribution in [2.24, 2.45) is 0 Å². The van der Waals surface area contributed by atoms with E-state index in [4.69, 9.17) is 9.47 Å². The Labute approximate surface area is 168 Å². The molecule has 0 radical (unpaired) electrons. The van der Waals surface area contributed by atoms with Gasteiger partial charge in [-0.1, -0.05) is 38.1 Å². The van der Waals surface area contributed by atoms with E-state index in [-0.39, 0.29) is 17.6 Å². The molecule has 3 rings (SSSR count). The molecule has 0 aromatic heterocycles. The van der Waals surface area contributed by atoms with Gasteiger partial charge in [-0.25, -0.2) is 0 Å². The van der Waals surface area contributed by atoms with Gasteiger partial charge >= 0.3 is 0 Å². The van der Waals surface area contributed by atoms with E-state index in [1.54, 1.807) is 0 Å². The fraction of sp³-hybridized carbons (Fsp3) is 0.458. The Kier molecular flexibility index (Phi) is 5.97. The van der Waals surface area contributed by atoms with E-state index in [0.29, 0.717) is 6.42 Å². The molecule has 1 aliphatic rings. The first-order valence-electron chi connectivity index (χ1n) is 10.2. The standard InChI is InChI=1S/C24H31NO3/c1-6-17-9-11-18(12-10-17)27-21(7-2)23(26)25-20-15-24(4,5)28-22-14-16(3)8-13-19(20)22/h8-14,20-21H,6-7,15H2,1-5H3,(H,25,26)/t20-,21+/m0/s1. The molecule has 0 bridgehead atoms. The number of ether oxygens (including phenoxy) is 2. The van der Waals surface area contributed by atoms with Crippen LogP contribution in [0.4, 0.5) is 0 Å². The fourth-order valence-electron chi connectivity index (χ4n) is 3.64. The Morgan fingerprint density at radius 3 is 2.57 bits per heavy atom. The van der Waals surface area contributed by atoms with Crippen LogP contribution in [-0.2, 0) is 11.2 Å². The number of nitrogens with one attached hydrogen (secondary N) is 1. The number of hydrogen-bond donors (Lipinski definition) is 1. The molecule has 0 fully saturated rings. The van der Waals surface area contributed by atoms with Crippen molar-refractivity contribution in [1.29, 1.82) is 0 Å². The topological polar surface area (TPSA) is 47.6 Å². The number of aryl methyl sites for hydroxylation is 2. The van der Waals surface area contributed by atoms with Gasteiger partial charge in [0.15, 0.2) is 6.10 Å². The van der Waals surface area contributed by atoms with Crippen molar-refractivity contribution < 1.29 is 14.3 Å². The summed E-state index contributed by atoms with van der Waals surface area (Å²) < 4.78 is 12.1. The van der Waals surface area contributed by atoms with Crippen LogP contribution in [0.15, 0.2) is 42.5 Å². The maximum atomic E-state index is 13.0. The van der Waals surface area contributed by atoms with Gasteiger partial charge < -0.3 is 14.8 Å². The van der Waals surface area contributed by atoms with E-state index in [0.717, 1.165) is 35.5 Å². The number of benzene rings is 2. The summed E-state index contributed by atoms with van der Waals surface area (Å²) in [6.07, 6.45) is 1.79.